The third kappa shape index (κ3) is 3.15. The van der Waals surface area contributed by atoms with Gasteiger partial charge in [-0.05, 0) is 43.4 Å². The van der Waals surface area contributed by atoms with Crippen molar-refractivity contribution in [3.05, 3.63) is 44.7 Å². The molecule has 0 aliphatic heterocycles. The molecule has 1 heterocycles. The van der Waals surface area contributed by atoms with Gasteiger partial charge in [-0.1, -0.05) is 24.6 Å². The van der Waals surface area contributed by atoms with Crippen molar-refractivity contribution in [2.45, 2.75) is 39.0 Å². The number of H-pyrrole nitrogens is 1. The standard InChI is InChI=1S/C17H18ClN3O2/c1-2-15(22)19-14-9-10(7-8-13(14)18)16-11-5-3-4-6-12(11)17(23)21-20-16/h7-9H,2-6H2,1H3,(H,19,22)(H,21,23). The van der Waals surface area contributed by atoms with Gasteiger partial charge in [-0.25, -0.2) is 5.10 Å². The van der Waals surface area contributed by atoms with Crippen LogP contribution in [-0.2, 0) is 17.6 Å². The predicted molar refractivity (Wildman–Crippen MR) is 90.9 cm³/mol. The molecule has 1 aromatic carbocycles. The van der Waals surface area contributed by atoms with E-state index in [1.54, 1.807) is 13.0 Å². The van der Waals surface area contributed by atoms with Crippen LogP contribution in [0.1, 0.15) is 37.3 Å². The number of hydrogen-bond acceptors (Lipinski definition) is 3. The van der Waals surface area contributed by atoms with Crippen LogP contribution in [0.4, 0.5) is 5.69 Å². The highest BCUT2D eigenvalue weighted by Gasteiger charge is 2.19. The predicted octanol–water partition coefficient (Wildman–Crippen LogP) is 3.32. The van der Waals surface area contributed by atoms with Gasteiger partial charge in [-0.15, -0.1) is 0 Å². The normalized spacial score (nSPS) is 13.5. The molecule has 0 bridgehead atoms. The van der Waals surface area contributed by atoms with Crippen molar-refractivity contribution in [2.75, 3.05) is 5.32 Å². The molecule has 3 rings (SSSR count). The van der Waals surface area contributed by atoms with Crippen LogP contribution in [0.15, 0.2) is 23.0 Å². The Bertz CT molecular complexity index is 814. The van der Waals surface area contributed by atoms with E-state index in [0.29, 0.717) is 17.1 Å². The first-order valence-electron chi connectivity index (χ1n) is 7.80. The number of nitrogens with one attached hydrogen (secondary N) is 2. The lowest BCUT2D eigenvalue weighted by molar-refractivity contribution is -0.115. The van der Waals surface area contributed by atoms with Gasteiger partial charge < -0.3 is 5.32 Å². The molecule has 0 atom stereocenters. The SMILES string of the molecule is CCC(=O)Nc1cc(-c2n[nH]c(=O)c3c2CCCC3)ccc1Cl. The molecule has 120 valence electrons. The van der Waals surface area contributed by atoms with Gasteiger partial charge in [0.15, 0.2) is 0 Å². The molecule has 0 fully saturated rings. The summed E-state index contributed by atoms with van der Waals surface area (Å²) in [4.78, 5) is 23.6. The average Bonchev–Trinajstić information content (AvgIpc) is 2.57. The van der Waals surface area contributed by atoms with E-state index in [2.05, 4.69) is 15.5 Å². The molecule has 1 amide bonds. The summed E-state index contributed by atoms with van der Waals surface area (Å²) in [6, 6.07) is 5.41. The summed E-state index contributed by atoms with van der Waals surface area (Å²) in [5.74, 6) is -0.0968. The Morgan fingerprint density at radius 3 is 2.78 bits per heavy atom. The van der Waals surface area contributed by atoms with Gasteiger partial charge in [-0.3, -0.25) is 9.59 Å². The molecule has 1 aliphatic carbocycles. The number of carbonyl (C=O) groups excluding carboxylic acids is 1. The molecule has 23 heavy (non-hydrogen) atoms. The fourth-order valence-electron chi connectivity index (χ4n) is 2.90. The molecule has 0 saturated heterocycles. The van der Waals surface area contributed by atoms with Crippen molar-refractivity contribution in [1.82, 2.24) is 10.2 Å². The highest BCUT2D eigenvalue weighted by Crippen LogP contribution is 2.32. The molecule has 2 N–H and O–H groups in total. The average molecular weight is 332 g/mol. The molecule has 0 radical (unpaired) electrons. The van der Waals surface area contributed by atoms with Gasteiger partial charge in [0.2, 0.25) is 5.91 Å². The maximum absolute atomic E-state index is 12.0. The first-order valence-corrected chi connectivity index (χ1v) is 8.18. The number of benzene rings is 1. The highest BCUT2D eigenvalue weighted by atomic mass is 35.5. The van der Waals surface area contributed by atoms with Crippen LogP contribution >= 0.6 is 11.6 Å². The van der Waals surface area contributed by atoms with Crippen LogP contribution in [0.2, 0.25) is 5.02 Å². The minimum atomic E-state index is -0.100. The third-order valence-electron chi connectivity index (χ3n) is 4.13. The molecule has 6 heteroatoms. The van der Waals surface area contributed by atoms with E-state index in [1.165, 1.54) is 0 Å². The van der Waals surface area contributed by atoms with E-state index >= 15 is 0 Å². The Hall–Kier alpha value is -2.14. The topological polar surface area (TPSA) is 74.8 Å². The fourth-order valence-corrected chi connectivity index (χ4v) is 3.07. The Balaban J connectivity index is 2.07. The number of fused-ring (bicyclic) bond motifs is 1. The van der Waals surface area contributed by atoms with E-state index < -0.39 is 0 Å². The number of hydrogen-bond donors (Lipinski definition) is 2. The maximum Gasteiger partial charge on any atom is 0.267 e. The van der Waals surface area contributed by atoms with Crippen LogP contribution in [0.25, 0.3) is 11.3 Å². The summed E-state index contributed by atoms with van der Waals surface area (Å²) >= 11 is 6.16. The lowest BCUT2D eigenvalue weighted by atomic mass is 9.90. The zero-order valence-electron chi connectivity index (χ0n) is 12.9. The van der Waals surface area contributed by atoms with E-state index in [9.17, 15) is 9.59 Å². The first kappa shape index (κ1) is 15.7. The number of aromatic nitrogens is 2. The molecule has 1 aromatic heterocycles. The zero-order valence-corrected chi connectivity index (χ0v) is 13.7. The maximum atomic E-state index is 12.0. The minimum Gasteiger partial charge on any atom is -0.325 e. The molecule has 0 unspecified atom stereocenters. The van der Waals surface area contributed by atoms with E-state index in [-0.39, 0.29) is 11.5 Å². The second kappa shape index (κ2) is 6.54. The Morgan fingerprint density at radius 2 is 2.04 bits per heavy atom. The lowest BCUT2D eigenvalue weighted by Gasteiger charge is -2.18. The fraction of sp³-hybridized carbons (Fsp3) is 0.353. The minimum absolute atomic E-state index is 0.0968. The highest BCUT2D eigenvalue weighted by molar-refractivity contribution is 6.33. The third-order valence-corrected chi connectivity index (χ3v) is 4.46. The summed E-state index contributed by atoms with van der Waals surface area (Å²) in [5.41, 5.74) is 3.91. The second-order valence-electron chi connectivity index (χ2n) is 5.66. The Kier molecular flexibility index (Phi) is 4.48. The summed E-state index contributed by atoms with van der Waals surface area (Å²) in [6.07, 6.45) is 4.09. The van der Waals surface area contributed by atoms with Gasteiger partial charge in [-0.2, -0.15) is 5.10 Å². The largest absolute Gasteiger partial charge is 0.325 e. The van der Waals surface area contributed by atoms with Crippen LogP contribution < -0.4 is 10.9 Å². The molecular weight excluding hydrogens is 314 g/mol. The summed E-state index contributed by atoms with van der Waals surface area (Å²) in [6.45, 7) is 1.78. The van der Waals surface area contributed by atoms with Gasteiger partial charge >= 0.3 is 0 Å². The van der Waals surface area contributed by atoms with Gasteiger partial charge in [0.1, 0.15) is 0 Å². The van der Waals surface area contributed by atoms with Crippen LogP contribution in [0.5, 0.6) is 0 Å². The van der Waals surface area contributed by atoms with Gasteiger partial charge in [0.25, 0.3) is 5.56 Å². The number of rotatable bonds is 3. The van der Waals surface area contributed by atoms with Crippen LogP contribution in [-0.4, -0.2) is 16.1 Å². The molecule has 0 spiro atoms. The summed E-state index contributed by atoms with van der Waals surface area (Å²) in [7, 11) is 0. The molecule has 1 aliphatic rings. The van der Waals surface area contributed by atoms with Crippen molar-refractivity contribution >= 4 is 23.2 Å². The van der Waals surface area contributed by atoms with E-state index in [1.807, 2.05) is 12.1 Å². The van der Waals surface area contributed by atoms with Crippen molar-refractivity contribution < 1.29 is 4.79 Å². The second-order valence-corrected chi connectivity index (χ2v) is 6.07. The van der Waals surface area contributed by atoms with Crippen molar-refractivity contribution in [3.63, 3.8) is 0 Å². The number of carbonyl (C=O) groups is 1. The number of amides is 1. The molecule has 2 aromatic rings. The number of halogens is 1. The van der Waals surface area contributed by atoms with Gasteiger partial charge in [0.05, 0.1) is 16.4 Å². The summed E-state index contributed by atoms with van der Waals surface area (Å²) < 4.78 is 0. The lowest BCUT2D eigenvalue weighted by Crippen LogP contribution is -2.21. The Labute approximate surface area is 139 Å². The monoisotopic (exact) mass is 331 g/mol. The Morgan fingerprint density at radius 1 is 1.30 bits per heavy atom. The quantitative estimate of drug-likeness (QED) is 0.906. The van der Waals surface area contributed by atoms with Crippen molar-refractivity contribution in [1.29, 1.82) is 0 Å². The van der Waals surface area contributed by atoms with Gasteiger partial charge in [0, 0.05) is 17.5 Å². The number of anilines is 1. The first-order chi connectivity index (χ1) is 11.1. The van der Waals surface area contributed by atoms with Crippen LogP contribution in [0.3, 0.4) is 0 Å². The van der Waals surface area contributed by atoms with Crippen molar-refractivity contribution in [2.24, 2.45) is 0 Å². The van der Waals surface area contributed by atoms with E-state index in [4.69, 9.17) is 11.6 Å². The zero-order chi connectivity index (χ0) is 16.4. The summed E-state index contributed by atoms with van der Waals surface area (Å²) in [5, 5.41) is 10.1. The molecule has 0 saturated carbocycles. The molecule has 5 nitrogen and oxygen atoms in total. The van der Waals surface area contributed by atoms with Crippen molar-refractivity contribution in [3.8, 4) is 11.3 Å². The molecular formula is C17H18ClN3O2. The van der Waals surface area contributed by atoms with Crippen LogP contribution in [0, 0.1) is 0 Å². The number of aromatic amines is 1. The number of nitrogens with zero attached hydrogens (tertiary/aromatic N) is 1. The smallest absolute Gasteiger partial charge is 0.267 e. The van der Waals surface area contributed by atoms with E-state index in [0.717, 1.165) is 48.1 Å².